The first kappa shape index (κ1) is 21.2. The highest BCUT2D eigenvalue weighted by molar-refractivity contribution is 7.14. The average Bonchev–Trinajstić information content (AvgIpc) is 3.69. The molecule has 2 aliphatic rings. The van der Waals surface area contributed by atoms with E-state index in [-0.39, 0.29) is 11.8 Å². The molecule has 5 heterocycles. The number of nitrogens with one attached hydrogen (secondary N) is 5. The molecule has 2 aliphatic heterocycles. The van der Waals surface area contributed by atoms with E-state index in [1.807, 2.05) is 36.7 Å². The van der Waals surface area contributed by atoms with E-state index in [0.717, 1.165) is 55.3 Å². The van der Waals surface area contributed by atoms with Gasteiger partial charge in [0.2, 0.25) is 5.78 Å². The lowest BCUT2D eigenvalue weighted by atomic mass is 10.0. The third kappa shape index (κ3) is 4.15. The third-order valence-corrected chi connectivity index (χ3v) is 7.19. The summed E-state index contributed by atoms with van der Waals surface area (Å²) in [4.78, 5) is 33.4. The van der Waals surface area contributed by atoms with Crippen molar-refractivity contribution in [2.24, 2.45) is 0 Å². The van der Waals surface area contributed by atoms with Gasteiger partial charge in [-0.25, -0.2) is 15.0 Å². The van der Waals surface area contributed by atoms with Crippen LogP contribution in [-0.4, -0.2) is 43.8 Å². The monoisotopic (exact) mass is 474 g/mol. The molecule has 9 nitrogen and oxygen atoms in total. The molecule has 34 heavy (non-hydrogen) atoms. The maximum absolute atomic E-state index is 13.2. The molecule has 0 saturated carbocycles. The Bertz CT molecular complexity index is 1280. The van der Waals surface area contributed by atoms with Crippen LogP contribution in [0.1, 0.15) is 65.5 Å². The molecule has 1 aromatic carbocycles. The van der Waals surface area contributed by atoms with Crippen LogP contribution >= 0.6 is 11.3 Å². The highest BCUT2D eigenvalue weighted by Crippen LogP contribution is 2.29. The quantitative estimate of drug-likeness (QED) is 0.256. The third-order valence-electron chi connectivity index (χ3n) is 6.44. The SMILES string of the molecule is O=C(c1ccc(-c2c[nH]c([C@@H]3CCCN3)n2)cc1)c1ncsc1Nc1c[nH]c([C@@H]2CCCN2)n1. The van der Waals surface area contributed by atoms with Crippen molar-refractivity contribution in [1.29, 1.82) is 0 Å². The summed E-state index contributed by atoms with van der Waals surface area (Å²) in [6.07, 6.45) is 8.25. The molecule has 2 saturated heterocycles. The predicted octanol–water partition coefficient (Wildman–Crippen LogP) is 4.08. The molecule has 0 amide bonds. The Balaban J connectivity index is 1.16. The summed E-state index contributed by atoms with van der Waals surface area (Å²) < 4.78 is 0. The number of ketones is 1. The zero-order chi connectivity index (χ0) is 22.9. The first-order valence-electron chi connectivity index (χ1n) is 11.7. The van der Waals surface area contributed by atoms with E-state index in [1.165, 1.54) is 17.8 Å². The zero-order valence-electron chi connectivity index (χ0n) is 18.6. The number of carbonyl (C=O) groups excluding carboxylic acids is 1. The Morgan fingerprint density at radius 2 is 1.65 bits per heavy atom. The van der Waals surface area contributed by atoms with Crippen molar-refractivity contribution in [3.05, 3.63) is 65.1 Å². The number of hydrogen-bond acceptors (Lipinski definition) is 8. The molecule has 2 atom stereocenters. The zero-order valence-corrected chi connectivity index (χ0v) is 19.4. The first-order valence-corrected chi connectivity index (χ1v) is 12.6. The molecule has 2 fully saturated rings. The van der Waals surface area contributed by atoms with Crippen molar-refractivity contribution in [2.75, 3.05) is 18.4 Å². The summed E-state index contributed by atoms with van der Waals surface area (Å²) in [6.45, 7) is 2.05. The summed E-state index contributed by atoms with van der Waals surface area (Å²) in [5.74, 6) is 2.44. The number of nitrogens with zero attached hydrogens (tertiary/aromatic N) is 3. The van der Waals surface area contributed by atoms with Crippen LogP contribution < -0.4 is 16.0 Å². The minimum Gasteiger partial charge on any atom is -0.347 e. The van der Waals surface area contributed by atoms with Gasteiger partial charge < -0.3 is 25.9 Å². The number of aromatic nitrogens is 5. The molecule has 6 rings (SSSR count). The number of hydrogen-bond donors (Lipinski definition) is 5. The maximum atomic E-state index is 13.2. The van der Waals surface area contributed by atoms with Crippen molar-refractivity contribution >= 4 is 27.9 Å². The molecular weight excluding hydrogens is 448 g/mol. The molecule has 4 aromatic rings. The molecule has 5 N–H and O–H groups in total. The Morgan fingerprint density at radius 3 is 2.35 bits per heavy atom. The minimum atomic E-state index is -0.124. The molecule has 3 aromatic heterocycles. The fraction of sp³-hybridized carbons (Fsp3) is 0.333. The van der Waals surface area contributed by atoms with Crippen molar-refractivity contribution in [2.45, 2.75) is 37.8 Å². The molecule has 0 bridgehead atoms. The van der Waals surface area contributed by atoms with Gasteiger partial charge in [0.05, 0.1) is 23.3 Å². The van der Waals surface area contributed by atoms with Crippen molar-refractivity contribution < 1.29 is 4.79 Å². The lowest BCUT2D eigenvalue weighted by molar-refractivity contribution is 0.103. The summed E-state index contributed by atoms with van der Waals surface area (Å²) in [6, 6.07) is 8.09. The van der Waals surface area contributed by atoms with Gasteiger partial charge in [-0.05, 0) is 38.8 Å². The van der Waals surface area contributed by atoms with Crippen LogP contribution in [0.2, 0.25) is 0 Å². The van der Waals surface area contributed by atoms with Gasteiger partial charge in [0.25, 0.3) is 0 Å². The highest BCUT2D eigenvalue weighted by atomic mass is 32.1. The van der Waals surface area contributed by atoms with Crippen LogP contribution in [0.5, 0.6) is 0 Å². The number of anilines is 2. The largest absolute Gasteiger partial charge is 0.347 e. The van der Waals surface area contributed by atoms with Crippen molar-refractivity contribution in [3.63, 3.8) is 0 Å². The fourth-order valence-corrected chi connectivity index (χ4v) is 5.30. The van der Waals surface area contributed by atoms with Gasteiger partial charge in [-0.1, -0.05) is 24.3 Å². The number of carbonyl (C=O) groups is 1. The van der Waals surface area contributed by atoms with Gasteiger partial charge >= 0.3 is 0 Å². The molecule has 10 heteroatoms. The van der Waals surface area contributed by atoms with Gasteiger partial charge in [-0.3, -0.25) is 4.79 Å². The standard InChI is InChI=1S/C24H26N8OS/c33-21(15-7-5-14(6-8-15)18-11-27-22(30-18)16-3-1-9-25-16)20-24(34-13-29-20)32-19-12-28-23(31-19)17-4-2-10-26-17/h5-8,11-13,16-17,25-26,32H,1-4,9-10H2,(H,27,30)(H,28,31)/t16-,17-/m0/s1. The van der Waals surface area contributed by atoms with E-state index in [2.05, 4.69) is 35.9 Å². The highest BCUT2D eigenvalue weighted by Gasteiger charge is 2.22. The number of rotatable bonds is 7. The number of imidazole rings is 2. The molecule has 0 aliphatic carbocycles. The predicted molar refractivity (Wildman–Crippen MR) is 131 cm³/mol. The smallest absolute Gasteiger partial charge is 0.214 e. The molecule has 0 spiro atoms. The number of H-pyrrole nitrogens is 2. The van der Waals surface area contributed by atoms with E-state index >= 15 is 0 Å². The second-order valence-electron chi connectivity index (χ2n) is 8.70. The van der Waals surface area contributed by atoms with Crippen LogP contribution in [0.3, 0.4) is 0 Å². The van der Waals surface area contributed by atoms with E-state index < -0.39 is 0 Å². The molecule has 0 radical (unpaired) electrons. The minimum absolute atomic E-state index is 0.124. The van der Waals surface area contributed by atoms with Gasteiger partial charge in [0, 0.05) is 23.5 Å². The Kier molecular flexibility index (Phi) is 5.69. The summed E-state index contributed by atoms with van der Waals surface area (Å²) in [5.41, 5.74) is 4.51. The van der Waals surface area contributed by atoms with Gasteiger partial charge in [0.1, 0.15) is 28.2 Å². The summed E-state index contributed by atoms with van der Waals surface area (Å²) in [7, 11) is 0. The van der Waals surface area contributed by atoms with Crippen LogP contribution in [0.4, 0.5) is 10.8 Å². The average molecular weight is 475 g/mol. The Labute approximate surface area is 200 Å². The van der Waals surface area contributed by atoms with Crippen LogP contribution in [-0.2, 0) is 0 Å². The van der Waals surface area contributed by atoms with Crippen LogP contribution in [0.15, 0.2) is 42.2 Å². The van der Waals surface area contributed by atoms with Gasteiger partial charge in [0.15, 0.2) is 0 Å². The molecular formula is C24H26N8OS. The van der Waals surface area contributed by atoms with Crippen molar-refractivity contribution in [1.82, 2.24) is 35.6 Å². The number of thiazole rings is 1. The number of benzene rings is 1. The fourth-order valence-electron chi connectivity index (χ4n) is 4.62. The van der Waals surface area contributed by atoms with E-state index in [0.29, 0.717) is 28.1 Å². The maximum Gasteiger partial charge on any atom is 0.214 e. The van der Waals surface area contributed by atoms with Gasteiger partial charge in [-0.2, -0.15) is 0 Å². The molecule has 0 unspecified atom stereocenters. The Hall–Kier alpha value is -3.34. The lowest BCUT2D eigenvalue weighted by Gasteiger charge is -2.06. The first-order chi connectivity index (χ1) is 16.7. The second-order valence-corrected chi connectivity index (χ2v) is 9.56. The normalized spacial score (nSPS) is 20.1. The summed E-state index contributed by atoms with van der Waals surface area (Å²) >= 11 is 1.39. The molecule has 174 valence electrons. The number of aromatic amines is 2. The van der Waals surface area contributed by atoms with Crippen LogP contribution in [0.25, 0.3) is 11.3 Å². The second kappa shape index (κ2) is 9.13. The topological polar surface area (TPSA) is 123 Å². The summed E-state index contributed by atoms with van der Waals surface area (Å²) in [5, 5.41) is 10.8. The van der Waals surface area contributed by atoms with Gasteiger partial charge in [-0.15, -0.1) is 11.3 Å². The van der Waals surface area contributed by atoms with Crippen LogP contribution in [0, 0.1) is 0 Å². The van der Waals surface area contributed by atoms with E-state index in [4.69, 9.17) is 4.98 Å². The lowest BCUT2D eigenvalue weighted by Crippen LogP contribution is -2.14. The van der Waals surface area contributed by atoms with E-state index in [1.54, 1.807) is 5.51 Å². The van der Waals surface area contributed by atoms with Crippen molar-refractivity contribution in [3.8, 4) is 11.3 Å². The Morgan fingerprint density at radius 1 is 0.941 bits per heavy atom. The van der Waals surface area contributed by atoms with E-state index in [9.17, 15) is 4.79 Å².